The Labute approximate surface area is 111 Å². The summed E-state index contributed by atoms with van der Waals surface area (Å²) in [6, 6.07) is 11.3. The Bertz CT molecular complexity index is 718. The molecule has 3 N–H and O–H groups in total. The van der Waals surface area contributed by atoms with Crippen LogP contribution in [0.1, 0.15) is 17.0 Å². The summed E-state index contributed by atoms with van der Waals surface area (Å²) >= 11 is 0. The van der Waals surface area contributed by atoms with Gasteiger partial charge in [-0.25, -0.2) is 4.98 Å². The van der Waals surface area contributed by atoms with Gasteiger partial charge in [-0.1, -0.05) is 18.2 Å². The van der Waals surface area contributed by atoms with E-state index >= 15 is 0 Å². The lowest BCUT2D eigenvalue weighted by Gasteiger charge is -2.05. The minimum Gasteiger partial charge on any atom is -0.508 e. The monoisotopic (exact) mass is 253 g/mol. The van der Waals surface area contributed by atoms with E-state index in [1.807, 2.05) is 47.1 Å². The first-order valence-corrected chi connectivity index (χ1v) is 6.20. The number of hydrogen-bond acceptors (Lipinski definition) is 3. The number of aromatic nitrogens is 2. The van der Waals surface area contributed by atoms with Crippen molar-refractivity contribution in [3.05, 3.63) is 65.7 Å². The van der Waals surface area contributed by atoms with Gasteiger partial charge in [-0.2, -0.15) is 0 Å². The number of pyridine rings is 1. The number of phenols is 1. The smallest absolute Gasteiger partial charge is 0.119 e. The molecule has 3 aromatic rings. The lowest BCUT2D eigenvalue weighted by Crippen LogP contribution is -1.99. The number of fused-ring (bicyclic) bond motifs is 1. The van der Waals surface area contributed by atoms with Gasteiger partial charge in [-0.3, -0.25) is 0 Å². The minimum atomic E-state index is 0.304. The third kappa shape index (κ3) is 2.18. The molecule has 0 aliphatic heterocycles. The molecule has 0 fully saturated rings. The number of nitrogens with two attached hydrogens (primary N) is 1. The van der Waals surface area contributed by atoms with Crippen molar-refractivity contribution < 1.29 is 5.11 Å². The number of benzene rings is 1. The van der Waals surface area contributed by atoms with Crippen LogP contribution in [0.3, 0.4) is 0 Å². The number of para-hydroxylation sites is 1. The fraction of sp³-hybridized carbons (Fsp3) is 0.133. The van der Waals surface area contributed by atoms with Gasteiger partial charge in [0.15, 0.2) is 0 Å². The molecule has 4 heteroatoms. The zero-order valence-corrected chi connectivity index (χ0v) is 10.5. The Morgan fingerprint density at radius 3 is 2.84 bits per heavy atom. The van der Waals surface area contributed by atoms with E-state index in [1.165, 1.54) is 0 Å². The van der Waals surface area contributed by atoms with E-state index in [2.05, 4.69) is 4.98 Å². The van der Waals surface area contributed by atoms with Gasteiger partial charge in [-0.15, -0.1) is 0 Å². The molecule has 0 radical (unpaired) electrons. The topological polar surface area (TPSA) is 63.5 Å². The Morgan fingerprint density at radius 2 is 2.05 bits per heavy atom. The molecule has 0 aliphatic rings. The predicted molar refractivity (Wildman–Crippen MR) is 74.0 cm³/mol. The van der Waals surface area contributed by atoms with E-state index in [1.54, 1.807) is 6.07 Å². The van der Waals surface area contributed by atoms with Gasteiger partial charge in [0.25, 0.3) is 0 Å². The van der Waals surface area contributed by atoms with Gasteiger partial charge < -0.3 is 15.2 Å². The van der Waals surface area contributed by atoms with Crippen LogP contribution < -0.4 is 5.73 Å². The number of aromatic hydroxyl groups is 1. The van der Waals surface area contributed by atoms with E-state index in [0.29, 0.717) is 18.7 Å². The van der Waals surface area contributed by atoms with Crippen molar-refractivity contribution >= 4 is 5.52 Å². The molecule has 0 saturated carbocycles. The molecule has 0 amide bonds. The van der Waals surface area contributed by atoms with E-state index < -0.39 is 0 Å². The molecule has 0 bridgehead atoms. The van der Waals surface area contributed by atoms with Gasteiger partial charge >= 0.3 is 0 Å². The molecule has 0 aliphatic carbocycles. The number of imidazole rings is 1. The van der Waals surface area contributed by atoms with Crippen LogP contribution >= 0.6 is 0 Å². The fourth-order valence-electron chi connectivity index (χ4n) is 2.19. The van der Waals surface area contributed by atoms with Crippen molar-refractivity contribution in [2.45, 2.75) is 13.0 Å². The van der Waals surface area contributed by atoms with Gasteiger partial charge in [-0.05, 0) is 23.8 Å². The molecule has 0 unspecified atom stereocenters. The molecule has 2 heterocycles. The van der Waals surface area contributed by atoms with Crippen molar-refractivity contribution in [2.75, 3.05) is 0 Å². The lowest BCUT2D eigenvalue weighted by atomic mass is 10.1. The molecule has 2 aromatic heterocycles. The molecule has 19 heavy (non-hydrogen) atoms. The average molecular weight is 253 g/mol. The van der Waals surface area contributed by atoms with Crippen LogP contribution in [0, 0.1) is 0 Å². The van der Waals surface area contributed by atoms with Gasteiger partial charge in [0, 0.05) is 24.7 Å². The first-order chi connectivity index (χ1) is 9.28. The average Bonchev–Trinajstić information content (AvgIpc) is 2.83. The summed E-state index contributed by atoms with van der Waals surface area (Å²) in [4.78, 5) is 4.42. The summed E-state index contributed by atoms with van der Waals surface area (Å²) in [6.45, 7) is 0.524. The van der Waals surface area contributed by atoms with E-state index in [4.69, 9.17) is 5.73 Å². The van der Waals surface area contributed by atoms with Crippen LogP contribution in [0.15, 0.2) is 48.8 Å². The Balaban J connectivity index is 2.00. The zero-order valence-electron chi connectivity index (χ0n) is 10.5. The highest BCUT2D eigenvalue weighted by atomic mass is 16.3. The van der Waals surface area contributed by atoms with Crippen LogP contribution in [-0.4, -0.2) is 14.5 Å². The molecule has 4 nitrogen and oxygen atoms in total. The quantitative estimate of drug-likeness (QED) is 0.751. The second-order valence-electron chi connectivity index (χ2n) is 4.51. The summed E-state index contributed by atoms with van der Waals surface area (Å²) < 4.78 is 2.02. The third-order valence-corrected chi connectivity index (χ3v) is 3.25. The maximum atomic E-state index is 9.81. The summed E-state index contributed by atoms with van der Waals surface area (Å²) in [5.41, 5.74) is 8.61. The summed E-state index contributed by atoms with van der Waals surface area (Å²) in [5, 5.41) is 9.81. The first-order valence-electron chi connectivity index (χ1n) is 6.20. The van der Waals surface area contributed by atoms with Crippen molar-refractivity contribution in [3.8, 4) is 5.75 Å². The molecule has 3 rings (SSSR count). The maximum Gasteiger partial charge on any atom is 0.119 e. The van der Waals surface area contributed by atoms with Crippen LogP contribution in [-0.2, 0) is 13.0 Å². The van der Waals surface area contributed by atoms with Gasteiger partial charge in [0.1, 0.15) is 11.6 Å². The van der Waals surface area contributed by atoms with Gasteiger partial charge in [0.2, 0.25) is 0 Å². The highest BCUT2D eigenvalue weighted by Gasteiger charge is 2.07. The van der Waals surface area contributed by atoms with Crippen LogP contribution in [0.2, 0.25) is 0 Å². The van der Waals surface area contributed by atoms with Gasteiger partial charge in [0.05, 0.1) is 11.7 Å². The molecule has 0 spiro atoms. The molecule has 1 aromatic carbocycles. The summed E-state index contributed by atoms with van der Waals surface area (Å²) in [7, 11) is 0. The van der Waals surface area contributed by atoms with Crippen LogP contribution in [0.25, 0.3) is 5.52 Å². The van der Waals surface area contributed by atoms with E-state index in [0.717, 1.165) is 22.5 Å². The standard InChI is InChI=1S/C15H15N3O/c16-9-11-5-6-18-13(7-11)10-17-15(18)8-12-3-1-2-4-14(12)19/h1-7,10,19H,8-9,16H2. The first kappa shape index (κ1) is 11.7. The highest BCUT2D eigenvalue weighted by molar-refractivity contribution is 5.49. The largest absolute Gasteiger partial charge is 0.508 e. The van der Waals surface area contributed by atoms with Crippen molar-refractivity contribution in [2.24, 2.45) is 5.73 Å². The minimum absolute atomic E-state index is 0.304. The Hall–Kier alpha value is -2.33. The van der Waals surface area contributed by atoms with Crippen molar-refractivity contribution in [1.82, 2.24) is 9.38 Å². The van der Waals surface area contributed by atoms with E-state index in [-0.39, 0.29) is 0 Å². The second-order valence-corrected chi connectivity index (χ2v) is 4.51. The number of phenolic OH excluding ortho intramolecular Hbond substituents is 1. The second kappa shape index (κ2) is 4.74. The Morgan fingerprint density at radius 1 is 1.21 bits per heavy atom. The fourth-order valence-corrected chi connectivity index (χ4v) is 2.19. The number of nitrogens with zero attached hydrogens (tertiary/aromatic N) is 2. The van der Waals surface area contributed by atoms with Crippen molar-refractivity contribution in [3.63, 3.8) is 0 Å². The number of hydrogen-bond donors (Lipinski definition) is 2. The highest BCUT2D eigenvalue weighted by Crippen LogP contribution is 2.20. The molecule has 96 valence electrons. The lowest BCUT2D eigenvalue weighted by molar-refractivity contribution is 0.469. The normalized spacial score (nSPS) is 11.0. The van der Waals surface area contributed by atoms with Crippen LogP contribution in [0.4, 0.5) is 0 Å². The maximum absolute atomic E-state index is 9.81. The molecule has 0 saturated heterocycles. The zero-order chi connectivity index (χ0) is 13.2. The summed E-state index contributed by atoms with van der Waals surface area (Å²) in [6.07, 6.45) is 4.40. The Kier molecular flexibility index (Phi) is 2.93. The molecular formula is C15H15N3O. The summed E-state index contributed by atoms with van der Waals surface area (Å²) in [5.74, 6) is 1.21. The predicted octanol–water partition coefficient (Wildman–Crippen LogP) is 2.09. The molecule has 0 atom stereocenters. The molecular weight excluding hydrogens is 238 g/mol. The van der Waals surface area contributed by atoms with Crippen LogP contribution in [0.5, 0.6) is 5.75 Å². The SMILES string of the molecule is NCc1ccn2c(Cc3ccccc3O)ncc2c1. The van der Waals surface area contributed by atoms with Crippen molar-refractivity contribution in [1.29, 1.82) is 0 Å². The number of rotatable bonds is 3. The van der Waals surface area contributed by atoms with E-state index in [9.17, 15) is 5.11 Å². The third-order valence-electron chi connectivity index (χ3n) is 3.25.